The predicted octanol–water partition coefficient (Wildman–Crippen LogP) is 0.905. The third-order valence-electron chi connectivity index (χ3n) is 13.4. The minimum atomic E-state index is -4.64. The number of aldehydes is 1. The van der Waals surface area contributed by atoms with E-state index in [1.165, 1.54) is 27.2 Å². The van der Waals surface area contributed by atoms with Gasteiger partial charge in [0.25, 0.3) is 0 Å². The van der Waals surface area contributed by atoms with Crippen LogP contribution in [-0.4, -0.2) is 202 Å². The van der Waals surface area contributed by atoms with Crippen molar-refractivity contribution in [2.24, 2.45) is 23.7 Å². The number of allylic oxidation sites excluding steroid dienone is 3. The maximum atomic E-state index is 13.8. The molecule has 0 aromatic carbocycles. The first-order valence-corrected chi connectivity index (χ1v) is 25.0. The number of hydrogen-bond donors (Lipinski definition) is 8. The van der Waals surface area contributed by atoms with Gasteiger partial charge in [0.15, 0.2) is 24.7 Å². The van der Waals surface area contributed by atoms with Crippen molar-refractivity contribution in [3.05, 3.63) is 23.8 Å². The van der Waals surface area contributed by atoms with Gasteiger partial charge in [-0.1, -0.05) is 38.5 Å². The Morgan fingerprint density at radius 2 is 1.46 bits per heavy atom. The molecule has 0 aliphatic carbocycles. The van der Waals surface area contributed by atoms with Crippen LogP contribution in [0.2, 0.25) is 0 Å². The molecular weight excluding hydrogens is 933 g/mol. The fraction of sp³-hybridized carbons (Fsp3) is 0.848. The minimum Gasteiger partial charge on any atom is -0.462 e. The molecule has 4 rings (SSSR count). The van der Waals surface area contributed by atoms with E-state index in [2.05, 4.69) is 0 Å². The van der Waals surface area contributed by atoms with Crippen molar-refractivity contribution < 1.29 is 102 Å². The van der Waals surface area contributed by atoms with E-state index >= 15 is 0 Å². The van der Waals surface area contributed by atoms with Crippen molar-refractivity contribution in [1.29, 1.82) is 0 Å². The molecule has 22 nitrogen and oxygen atoms in total. The zero-order valence-corrected chi connectivity index (χ0v) is 42.8. The van der Waals surface area contributed by atoms with Crippen molar-refractivity contribution >= 4 is 25.9 Å². The third kappa shape index (κ3) is 17.5. The van der Waals surface area contributed by atoms with Gasteiger partial charge in [0.1, 0.15) is 49.0 Å². The van der Waals surface area contributed by atoms with E-state index in [-0.39, 0.29) is 31.7 Å². The molecule has 0 spiro atoms. The zero-order chi connectivity index (χ0) is 52.3. The first kappa shape index (κ1) is 61.1. The summed E-state index contributed by atoms with van der Waals surface area (Å²) >= 11 is 0. The standard InChI is InChI=1S/C46H77NO17.H3O4P/c1-13-33-30(22-58-45-42(57-12)41(56-11)37(52)26(5)60-45)18-23(2)14-15-31(49)24(3)19-29(16-17-48)39(25(4)32(50)20-34(51)62-33)64-44-38(53)36(47(9)10)40(27(6)61-44)63-35-21-46(8,55)43(54)28(7)59-35;1-5(2,3)4/h14-15,17-18,24-30,32-33,35-45,50,52-55H,13,16,19-22H2,1-12H3;(H3,1,2,3,4)/t24-,25+,26-,27-,28+,29+,30-,32-,33-,35+,36-,37-,38-,39-,40-,41-,42-,43+,44+,45-,46-;/m1./s1. The van der Waals surface area contributed by atoms with Gasteiger partial charge < -0.3 is 92.5 Å². The molecule has 23 heteroatoms. The number of hydrogen-bond acceptors (Lipinski definition) is 19. The van der Waals surface area contributed by atoms with Crippen LogP contribution in [-0.2, 0) is 61.6 Å². The number of aliphatic hydroxyl groups is 5. The van der Waals surface area contributed by atoms with E-state index in [0.717, 1.165) is 6.29 Å². The van der Waals surface area contributed by atoms with Crippen LogP contribution >= 0.6 is 7.82 Å². The van der Waals surface area contributed by atoms with Gasteiger partial charge in [-0.2, -0.15) is 0 Å². The number of ether oxygens (including phenoxy) is 9. The highest BCUT2D eigenvalue weighted by atomic mass is 31.2. The summed E-state index contributed by atoms with van der Waals surface area (Å²) in [5.74, 6) is -3.59. The van der Waals surface area contributed by atoms with E-state index in [0.29, 0.717) is 12.0 Å². The van der Waals surface area contributed by atoms with Crippen LogP contribution in [0.4, 0.5) is 0 Å². The molecule has 4 aliphatic rings. The van der Waals surface area contributed by atoms with Gasteiger partial charge in [-0.05, 0) is 73.5 Å². The molecule has 0 bridgehead atoms. The average molecular weight is 1010 g/mol. The second-order valence-corrected chi connectivity index (χ2v) is 20.3. The van der Waals surface area contributed by atoms with Gasteiger partial charge in [0.2, 0.25) is 0 Å². The molecule has 0 aromatic heterocycles. The Labute approximate surface area is 405 Å². The second-order valence-electron chi connectivity index (χ2n) is 19.3. The molecule has 8 N–H and O–H groups in total. The van der Waals surface area contributed by atoms with Crippen LogP contribution in [0.1, 0.15) is 87.5 Å². The van der Waals surface area contributed by atoms with Crippen molar-refractivity contribution in [2.45, 2.75) is 191 Å². The Hall–Kier alpha value is -2.16. The Morgan fingerprint density at radius 1 is 0.855 bits per heavy atom. The van der Waals surface area contributed by atoms with Crippen LogP contribution < -0.4 is 0 Å². The van der Waals surface area contributed by atoms with E-state index in [4.69, 9.17) is 61.9 Å². The van der Waals surface area contributed by atoms with Gasteiger partial charge >= 0.3 is 13.8 Å². The summed E-state index contributed by atoms with van der Waals surface area (Å²) in [5.41, 5.74) is -0.806. The SMILES string of the molecule is CC[C@H]1OC(=O)C[C@@H](O)[C@H](C)[C@@H](O[C@@H]2O[C@H](C)[C@@H](O[C@H]3C[C@@](C)(O)[C@@H](O)[C@H](C)O3)[C@H](N(C)C)[C@H]2O)[C@@H](CC=O)C[C@@H](C)C(=O)C=CC(C)=C[C@@H]1CO[C@@H]1O[C@H](C)[C@@H](O)[C@@H](OC)[C@H]1OC.O=P(O)(O)O. The van der Waals surface area contributed by atoms with Gasteiger partial charge in [-0.15, -0.1) is 0 Å². The summed E-state index contributed by atoms with van der Waals surface area (Å²) < 4.78 is 63.6. The summed E-state index contributed by atoms with van der Waals surface area (Å²) in [7, 11) is 1.79. The number of likely N-dealkylation sites (N-methyl/N-ethyl adjacent to an activating group) is 1. The summed E-state index contributed by atoms with van der Waals surface area (Å²) in [6.45, 7) is 13.6. The maximum Gasteiger partial charge on any atom is 0.466 e. The number of cyclic esters (lactones) is 1. The Kier molecular flexibility index (Phi) is 24.1. The van der Waals surface area contributed by atoms with Gasteiger partial charge in [-0.25, -0.2) is 4.57 Å². The average Bonchev–Trinajstić information content (AvgIpc) is 3.25. The van der Waals surface area contributed by atoms with Crippen molar-refractivity contribution in [1.82, 2.24) is 4.90 Å². The lowest BCUT2D eigenvalue weighted by molar-refractivity contribution is -0.341. The van der Waals surface area contributed by atoms with Crippen LogP contribution in [0.15, 0.2) is 23.8 Å². The van der Waals surface area contributed by atoms with E-state index in [9.17, 15) is 39.9 Å². The van der Waals surface area contributed by atoms with Crippen molar-refractivity contribution in [3.63, 3.8) is 0 Å². The predicted molar refractivity (Wildman–Crippen MR) is 245 cm³/mol. The number of aliphatic hydroxyl groups excluding tert-OH is 4. The monoisotopic (exact) mass is 1010 g/mol. The van der Waals surface area contributed by atoms with Crippen LogP contribution in [0, 0.1) is 23.7 Å². The fourth-order valence-corrected chi connectivity index (χ4v) is 9.51. The highest BCUT2D eigenvalue weighted by Gasteiger charge is 2.52. The third-order valence-corrected chi connectivity index (χ3v) is 13.4. The molecule has 3 fully saturated rings. The molecule has 0 unspecified atom stereocenters. The largest absolute Gasteiger partial charge is 0.466 e. The topological polar surface area (TPSA) is 316 Å². The summed E-state index contributed by atoms with van der Waals surface area (Å²) in [6, 6.07) is -0.748. The van der Waals surface area contributed by atoms with Gasteiger partial charge in [0, 0.05) is 44.8 Å². The maximum absolute atomic E-state index is 13.8. The first-order valence-electron chi connectivity index (χ1n) is 23.5. The number of carbonyl (C=O) groups is 3. The molecule has 69 heavy (non-hydrogen) atoms. The van der Waals surface area contributed by atoms with Crippen LogP contribution in [0.25, 0.3) is 0 Å². The summed E-state index contributed by atoms with van der Waals surface area (Å²) in [4.78, 5) is 63.1. The number of nitrogens with zero attached hydrogens (tertiary/aromatic N) is 1. The van der Waals surface area contributed by atoms with Gasteiger partial charge in [0.05, 0.1) is 55.2 Å². The smallest absolute Gasteiger partial charge is 0.462 e. The van der Waals surface area contributed by atoms with Crippen molar-refractivity contribution in [3.8, 4) is 0 Å². The summed E-state index contributed by atoms with van der Waals surface area (Å²) in [6.07, 6.45) is -8.49. The molecule has 0 radical (unpaired) electrons. The Balaban J connectivity index is 0.00000239. The lowest BCUT2D eigenvalue weighted by Gasteiger charge is -2.50. The molecule has 4 aliphatic heterocycles. The Morgan fingerprint density at radius 3 is 2.01 bits per heavy atom. The number of phosphoric acid groups is 1. The minimum absolute atomic E-state index is 0.00788. The number of esters is 1. The lowest BCUT2D eigenvalue weighted by atomic mass is 9.79. The number of ketones is 1. The molecule has 0 saturated carbocycles. The molecule has 21 atom stereocenters. The molecule has 0 aromatic rings. The molecule has 400 valence electrons. The highest BCUT2D eigenvalue weighted by molar-refractivity contribution is 7.45. The molecule has 0 amide bonds. The first-order chi connectivity index (χ1) is 32.1. The number of methoxy groups -OCH3 is 2. The Bertz CT molecular complexity index is 1720. The van der Waals surface area contributed by atoms with Crippen molar-refractivity contribution in [2.75, 3.05) is 34.9 Å². The zero-order valence-electron chi connectivity index (χ0n) is 41.9. The van der Waals surface area contributed by atoms with Crippen LogP contribution in [0.3, 0.4) is 0 Å². The summed E-state index contributed by atoms with van der Waals surface area (Å²) in [5, 5.41) is 55.8. The molecular formula is C46H80NO21P. The van der Waals surface area contributed by atoms with E-state index < -0.39 is 148 Å². The normalized spacial score (nSPS) is 42.2. The highest BCUT2D eigenvalue weighted by Crippen LogP contribution is 2.38. The molecule has 3 saturated heterocycles. The fourth-order valence-electron chi connectivity index (χ4n) is 9.51. The van der Waals surface area contributed by atoms with E-state index in [1.807, 2.05) is 19.9 Å². The second kappa shape index (κ2) is 27.2. The lowest BCUT2D eigenvalue weighted by Crippen LogP contribution is -2.65. The quantitative estimate of drug-likeness (QED) is 0.0722. The number of carbonyl (C=O) groups excluding carboxylic acids is 3. The van der Waals surface area contributed by atoms with E-state index in [1.54, 1.807) is 59.7 Å². The molecule has 4 heterocycles. The van der Waals surface area contributed by atoms with Crippen LogP contribution in [0.5, 0.6) is 0 Å². The van der Waals surface area contributed by atoms with Gasteiger partial charge in [-0.3, -0.25) is 9.59 Å². The number of rotatable bonds is 13.